The summed E-state index contributed by atoms with van der Waals surface area (Å²) in [5.41, 5.74) is 1.82. The first-order valence-corrected chi connectivity index (χ1v) is 15.6. The van der Waals surface area contributed by atoms with Crippen molar-refractivity contribution in [3.63, 3.8) is 0 Å². The number of ether oxygens (including phenoxy) is 6. The quantitative estimate of drug-likeness (QED) is 0.461. The van der Waals surface area contributed by atoms with Crippen molar-refractivity contribution in [1.29, 1.82) is 0 Å². The lowest BCUT2D eigenvalue weighted by Crippen LogP contribution is -2.47. The highest BCUT2D eigenvalue weighted by Gasteiger charge is 2.41. The van der Waals surface area contributed by atoms with E-state index in [0.29, 0.717) is 12.8 Å². The van der Waals surface area contributed by atoms with Crippen LogP contribution < -0.4 is 0 Å². The van der Waals surface area contributed by atoms with Crippen LogP contribution in [0.4, 0.5) is 0 Å². The lowest BCUT2D eigenvalue weighted by atomic mass is 9.87. The van der Waals surface area contributed by atoms with E-state index in [2.05, 4.69) is 0 Å². The molecule has 0 aromatic heterocycles. The fourth-order valence-electron chi connectivity index (χ4n) is 6.06. The molecule has 44 heavy (non-hydrogen) atoms. The van der Waals surface area contributed by atoms with Gasteiger partial charge in [-0.2, -0.15) is 0 Å². The van der Waals surface area contributed by atoms with Gasteiger partial charge in [0.05, 0.1) is 62.7 Å². The number of esters is 2. The van der Waals surface area contributed by atoms with Crippen LogP contribution in [0.15, 0.2) is 60.7 Å². The van der Waals surface area contributed by atoms with Gasteiger partial charge in [0.1, 0.15) is 0 Å². The molecule has 3 fully saturated rings. The Kier molecular flexibility index (Phi) is 11.4. The minimum atomic E-state index is -0.954. The average molecular weight is 613 g/mol. The molecule has 0 amide bonds. The summed E-state index contributed by atoms with van der Waals surface area (Å²) >= 11 is 0. The minimum absolute atomic E-state index is 0.0942. The van der Waals surface area contributed by atoms with E-state index in [9.17, 15) is 19.8 Å². The largest absolute Gasteiger partial charge is 0.436 e. The van der Waals surface area contributed by atoms with Crippen LogP contribution in [0.3, 0.4) is 0 Å². The van der Waals surface area contributed by atoms with Gasteiger partial charge in [-0.05, 0) is 11.1 Å². The number of hydrogen-bond donors (Lipinski definition) is 2. The number of aliphatic hydroxyl groups is 2. The Bertz CT molecular complexity index is 1100. The monoisotopic (exact) mass is 612 g/mol. The summed E-state index contributed by atoms with van der Waals surface area (Å²) in [4.78, 5) is 26.5. The smallest absolute Gasteiger partial charge is 0.310 e. The van der Waals surface area contributed by atoms with Gasteiger partial charge in [0.2, 0.25) is 12.6 Å². The first kappa shape index (κ1) is 32.5. The summed E-state index contributed by atoms with van der Waals surface area (Å²) in [7, 11) is 0. The van der Waals surface area contributed by atoms with Crippen molar-refractivity contribution in [3.05, 3.63) is 71.8 Å². The predicted octanol–water partition coefficient (Wildman–Crippen LogP) is 4.04. The molecule has 2 N–H and O–H groups in total. The highest BCUT2D eigenvalue weighted by Crippen LogP contribution is 2.33. The second-order valence-corrected chi connectivity index (χ2v) is 12.2. The zero-order chi connectivity index (χ0) is 31.1. The fourth-order valence-corrected chi connectivity index (χ4v) is 6.06. The van der Waals surface area contributed by atoms with Crippen LogP contribution in [0, 0.1) is 11.8 Å². The predicted molar refractivity (Wildman–Crippen MR) is 158 cm³/mol. The Hall–Kier alpha value is -2.86. The van der Waals surface area contributed by atoms with E-state index in [4.69, 9.17) is 28.4 Å². The average Bonchev–Trinajstić information content (AvgIpc) is 3.00. The maximum absolute atomic E-state index is 13.3. The minimum Gasteiger partial charge on any atom is -0.436 e. The molecule has 0 radical (unpaired) electrons. The van der Waals surface area contributed by atoms with E-state index in [-0.39, 0.29) is 50.7 Å². The third-order valence-corrected chi connectivity index (χ3v) is 8.86. The highest BCUT2D eigenvalue weighted by atomic mass is 16.7. The molecule has 10 nitrogen and oxygen atoms in total. The van der Waals surface area contributed by atoms with E-state index >= 15 is 0 Å². The van der Waals surface area contributed by atoms with E-state index in [1.54, 1.807) is 0 Å². The molecule has 3 saturated heterocycles. The molecule has 5 rings (SSSR count). The lowest BCUT2D eigenvalue weighted by Gasteiger charge is -2.40. The van der Waals surface area contributed by atoms with Crippen molar-refractivity contribution in [1.82, 2.24) is 0 Å². The Labute approximate surface area is 258 Å². The van der Waals surface area contributed by atoms with E-state index in [1.807, 2.05) is 74.5 Å². The summed E-state index contributed by atoms with van der Waals surface area (Å²) < 4.78 is 36.3. The van der Waals surface area contributed by atoms with Gasteiger partial charge in [0, 0.05) is 37.5 Å². The van der Waals surface area contributed by atoms with E-state index < -0.39 is 61.1 Å². The van der Waals surface area contributed by atoms with Gasteiger partial charge in [-0.3, -0.25) is 9.59 Å². The second kappa shape index (κ2) is 15.4. The van der Waals surface area contributed by atoms with Crippen molar-refractivity contribution in [2.75, 3.05) is 0 Å². The first-order valence-electron chi connectivity index (χ1n) is 15.6. The maximum atomic E-state index is 13.3. The zero-order valence-corrected chi connectivity index (χ0v) is 25.4. The van der Waals surface area contributed by atoms with Crippen LogP contribution >= 0.6 is 0 Å². The van der Waals surface area contributed by atoms with Crippen molar-refractivity contribution < 1.29 is 48.2 Å². The van der Waals surface area contributed by atoms with Crippen LogP contribution in [0.5, 0.6) is 0 Å². The molecular weight excluding hydrogens is 568 g/mol. The molecule has 0 saturated carbocycles. The van der Waals surface area contributed by atoms with Crippen molar-refractivity contribution in [2.45, 2.75) is 115 Å². The number of fused-ring (bicyclic) bond motifs is 4. The molecule has 0 aliphatic carbocycles. The molecule has 2 aromatic rings. The maximum Gasteiger partial charge on any atom is 0.310 e. The topological polar surface area (TPSA) is 130 Å². The van der Waals surface area contributed by atoms with E-state index in [1.165, 1.54) is 0 Å². The number of rotatable bonds is 6. The number of hydrogen-bond acceptors (Lipinski definition) is 10. The van der Waals surface area contributed by atoms with E-state index in [0.717, 1.165) is 11.1 Å². The number of aliphatic hydroxyl groups excluding tert-OH is 2. The molecule has 3 aliphatic heterocycles. The summed E-state index contributed by atoms with van der Waals surface area (Å²) in [5.74, 6) is -1.70. The number of carbonyl (C=O) groups is 2. The van der Waals surface area contributed by atoms with Crippen LogP contribution in [-0.2, 0) is 51.2 Å². The normalized spacial score (nSPS) is 35.4. The fraction of sp³-hybridized carbons (Fsp3) is 0.588. The van der Waals surface area contributed by atoms with Crippen LogP contribution in [0.25, 0.3) is 0 Å². The highest BCUT2D eigenvalue weighted by molar-refractivity contribution is 5.70. The van der Waals surface area contributed by atoms with Crippen molar-refractivity contribution >= 4 is 11.9 Å². The van der Waals surface area contributed by atoms with Gasteiger partial charge in [0.15, 0.2) is 0 Å². The Morgan fingerprint density at radius 1 is 0.636 bits per heavy atom. The SMILES string of the molecule is C[C@H]1[C@@H]2CC(=O)O[C@H](OCc3ccccc3)C[C@@H]3C[C@H](O)[C@@H](C)[C@H](CC(=O)O[C@H](OCc4ccccc4)C[C@H](C[C@@H]1O)O2)O3. The van der Waals surface area contributed by atoms with Crippen molar-refractivity contribution in [3.8, 4) is 0 Å². The molecule has 4 bridgehead atoms. The van der Waals surface area contributed by atoms with Gasteiger partial charge in [-0.25, -0.2) is 0 Å². The molecule has 2 aromatic carbocycles. The first-order chi connectivity index (χ1) is 21.2. The van der Waals surface area contributed by atoms with Crippen molar-refractivity contribution in [2.24, 2.45) is 11.8 Å². The molecule has 10 heteroatoms. The Morgan fingerprint density at radius 2 is 1.02 bits per heavy atom. The molecule has 0 spiro atoms. The summed E-state index contributed by atoms with van der Waals surface area (Å²) in [5, 5.41) is 21.8. The Balaban J connectivity index is 1.35. The third kappa shape index (κ3) is 9.09. The van der Waals surface area contributed by atoms with Gasteiger partial charge >= 0.3 is 11.9 Å². The standard InChI is InChI=1S/C34H44O10/c1-21-27(35)13-25-15-33(39-19-23-9-5-3-6-10-23)44-32(38)18-30-22(2)28(36)14-26(42-30)16-34(43-31(37)17-29(21)41-25)40-20-24-11-7-4-8-12-24/h3-12,21-22,25-30,33-36H,13-20H2,1-2H3/t21-,22-,25+,26+,27+,28+,29+,30+,33+,34+/m1/s1. The van der Waals surface area contributed by atoms with Gasteiger partial charge < -0.3 is 38.6 Å². The molecule has 10 atom stereocenters. The van der Waals surface area contributed by atoms with Gasteiger partial charge in [-0.15, -0.1) is 0 Å². The van der Waals surface area contributed by atoms with Crippen LogP contribution in [-0.4, -0.2) is 71.4 Å². The lowest BCUT2D eigenvalue weighted by molar-refractivity contribution is -0.220. The second-order valence-electron chi connectivity index (χ2n) is 12.2. The van der Waals surface area contributed by atoms with Gasteiger partial charge in [0.25, 0.3) is 0 Å². The number of benzene rings is 2. The third-order valence-electron chi connectivity index (χ3n) is 8.86. The molecule has 240 valence electrons. The number of carbonyl (C=O) groups excluding carboxylic acids is 2. The summed E-state index contributed by atoms with van der Waals surface area (Å²) in [6.07, 6.45) is -4.91. The summed E-state index contributed by atoms with van der Waals surface area (Å²) in [6.45, 7) is 4.09. The molecule has 3 aliphatic rings. The summed E-state index contributed by atoms with van der Waals surface area (Å²) in [6, 6.07) is 19.1. The molecule has 0 unspecified atom stereocenters. The zero-order valence-electron chi connectivity index (χ0n) is 25.4. The van der Waals surface area contributed by atoms with Crippen LogP contribution in [0.1, 0.15) is 63.5 Å². The van der Waals surface area contributed by atoms with Gasteiger partial charge in [-0.1, -0.05) is 74.5 Å². The molecule has 3 heterocycles. The van der Waals surface area contributed by atoms with Crippen LogP contribution in [0.2, 0.25) is 0 Å². The molecular formula is C34H44O10. The Morgan fingerprint density at radius 3 is 1.41 bits per heavy atom. The number of cyclic esters (lactones) is 2.